The van der Waals surface area contributed by atoms with Crippen molar-refractivity contribution in [1.29, 1.82) is 0 Å². The summed E-state index contributed by atoms with van der Waals surface area (Å²) in [6.45, 7) is 1.78. The van der Waals surface area contributed by atoms with Crippen LogP contribution in [0.25, 0.3) is 0 Å². The molecule has 2 aromatic carbocycles. The number of fused-ring (bicyclic) bond motifs is 1. The van der Waals surface area contributed by atoms with Gasteiger partial charge in [-0.15, -0.1) is 0 Å². The number of esters is 1. The first-order valence-corrected chi connectivity index (χ1v) is 8.77. The second kappa shape index (κ2) is 8.04. The van der Waals surface area contributed by atoms with E-state index in [1.54, 1.807) is 12.0 Å². The van der Waals surface area contributed by atoms with Gasteiger partial charge < -0.3 is 14.4 Å². The number of hydrogen-bond acceptors (Lipinski definition) is 4. The largest absolute Gasteiger partial charge is 0.497 e. The summed E-state index contributed by atoms with van der Waals surface area (Å²) in [6.07, 6.45) is 1.64. The Labute approximate surface area is 153 Å². The summed E-state index contributed by atoms with van der Waals surface area (Å²) in [5.41, 5.74) is 3.09. The van der Waals surface area contributed by atoms with Gasteiger partial charge in [-0.3, -0.25) is 9.59 Å². The van der Waals surface area contributed by atoms with E-state index < -0.39 is 0 Å². The van der Waals surface area contributed by atoms with Crippen molar-refractivity contribution in [3.63, 3.8) is 0 Å². The molecule has 1 aliphatic rings. The Morgan fingerprint density at radius 2 is 1.85 bits per heavy atom. The van der Waals surface area contributed by atoms with Crippen molar-refractivity contribution in [3.8, 4) is 5.75 Å². The van der Waals surface area contributed by atoms with Crippen LogP contribution < -0.4 is 9.64 Å². The number of ether oxygens (including phenoxy) is 2. The Morgan fingerprint density at radius 3 is 2.58 bits per heavy atom. The number of aryl methyl sites for hydroxylation is 1. The highest BCUT2D eigenvalue weighted by Gasteiger charge is 2.30. The molecule has 1 amide bonds. The number of methoxy groups -OCH3 is 1. The number of amides is 1. The lowest BCUT2D eigenvalue weighted by atomic mass is 10.1. The molecule has 3 rings (SSSR count). The van der Waals surface area contributed by atoms with Crippen LogP contribution in [0.4, 0.5) is 5.69 Å². The van der Waals surface area contributed by atoms with Gasteiger partial charge in [0.1, 0.15) is 5.75 Å². The molecule has 1 heterocycles. The van der Waals surface area contributed by atoms with Gasteiger partial charge in [0.15, 0.2) is 6.61 Å². The highest BCUT2D eigenvalue weighted by atomic mass is 16.5. The van der Waals surface area contributed by atoms with Crippen LogP contribution in [0, 0.1) is 0 Å². The lowest BCUT2D eigenvalue weighted by Crippen LogP contribution is -2.38. The second-order valence-corrected chi connectivity index (χ2v) is 6.45. The SMILES string of the molecule is COc1ccc(CCC(=O)OCC(=O)N2c3ccccc3C[C@H]2C)cc1. The van der Waals surface area contributed by atoms with Crippen LogP contribution in [-0.4, -0.2) is 31.6 Å². The van der Waals surface area contributed by atoms with Gasteiger partial charge in [-0.25, -0.2) is 0 Å². The van der Waals surface area contributed by atoms with Gasteiger partial charge in [-0.2, -0.15) is 0 Å². The van der Waals surface area contributed by atoms with E-state index in [9.17, 15) is 9.59 Å². The van der Waals surface area contributed by atoms with E-state index in [1.807, 2.05) is 55.5 Å². The predicted molar refractivity (Wildman–Crippen MR) is 99.4 cm³/mol. The minimum atomic E-state index is -0.366. The summed E-state index contributed by atoms with van der Waals surface area (Å²) >= 11 is 0. The van der Waals surface area contributed by atoms with Crippen LogP contribution >= 0.6 is 0 Å². The Kier molecular flexibility index (Phi) is 5.56. The quantitative estimate of drug-likeness (QED) is 0.749. The minimum absolute atomic E-state index is 0.0814. The van der Waals surface area contributed by atoms with E-state index in [2.05, 4.69) is 0 Å². The lowest BCUT2D eigenvalue weighted by Gasteiger charge is -2.22. The molecule has 26 heavy (non-hydrogen) atoms. The molecule has 0 N–H and O–H groups in total. The number of para-hydroxylation sites is 1. The van der Waals surface area contributed by atoms with Gasteiger partial charge in [0.05, 0.1) is 7.11 Å². The van der Waals surface area contributed by atoms with Crippen molar-refractivity contribution >= 4 is 17.6 Å². The standard InChI is InChI=1S/C21H23NO4/c1-15-13-17-5-3-4-6-19(17)22(15)20(23)14-26-21(24)12-9-16-7-10-18(25-2)11-8-16/h3-8,10-11,15H,9,12-14H2,1-2H3/t15-/m1/s1. The molecule has 2 aromatic rings. The van der Waals surface area contributed by atoms with Gasteiger partial charge in [-0.05, 0) is 49.1 Å². The van der Waals surface area contributed by atoms with Gasteiger partial charge in [0, 0.05) is 18.2 Å². The van der Waals surface area contributed by atoms with E-state index in [0.29, 0.717) is 6.42 Å². The summed E-state index contributed by atoms with van der Waals surface area (Å²) < 4.78 is 10.3. The molecule has 0 fully saturated rings. The third kappa shape index (κ3) is 4.04. The molecule has 0 saturated carbocycles. The molecule has 1 aliphatic heterocycles. The summed E-state index contributed by atoms with van der Waals surface area (Å²) in [5, 5.41) is 0. The maximum Gasteiger partial charge on any atom is 0.306 e. The molecule has 5 nitrogen and oxygen atoms in total. The van der Waals surface area contributed by atoms with Gasteiger partial charge in [0.2, 0.25) is 0 Å². The number of benzene rings is 2. The second-order valence-electron chi connectivity index (χ2n) is 6.45. The Balaban J connectivity index is 1.49. The van der Waals surface area contributed by atoms with Crippen molar-refractivity contribution in [3.05, 3.63) is 59.7 Å². The van der Waals surface area contributed by atoms with Crippen LogP contribution in [0.3, 0.4) is 0 Å². The molecule has 0 saturated heterocycles. The smallest absolute Gasteiger partial charge is 0.306 e. The Hall–Kier alpha value is -2.82. The average Bonchev–Trinajstić information content (AvgIpc) is 3.00. The van der Waals surface area contributed by atoms with Crippen molar-refractivity contribution in [1.82, 2.24) is 0 Å². The minimum Gasteiger partial charge on any atom is -0.497 e. The number of carbonyl (C=O) groups excluding carboxylic acids is 2. The Bertz CT molecular complexity index is 785. The Morgan fingerprint density at radius 1 is 1.12 bits per heavy atom. The normalized spacial score (nSPS) is 15.5. The lowest BCUT2D eigenvalue weighted by molar-refractivity contribution is -0.147. The molecule has 0 aromatic heterocycles. The molecule has 1 atom stereocenters. The fraction of sp³-hybridized carbons (Fsp3) is 0.333. The number of carbonyl (C=O) groups is 2. The molecule has 5 heteroatoms. The molecule has 0 bridgehead atoms. The molecule has 0 unspecified atom stereocenters. The van der Waals surface area contributed by atoms with Crippen molar-refractivity contribution in [2.75, 3.05) is 18.6 Å². The van der Waals surface area contributed by atoms with Crippen molar-refractivity contribution in [2.24, 2.45) is 0 Å². The summed E-state index contributed by atoms with van der Waals surface area (Å²) in [5.74, 6) is 0.233. The molecule has 136 valence electrons. The highest BCUT2D eigenvalue weighted by molar-refractivity contribution is 5.97. The maximum absolute atomic E-state index is 12.5. The summed E-state index contributed by atoms with van der Waals surface area (Å²) in [6, 6.07) is 15.5. The van der Waals surface area contributed by atoms with Crippen LogP contribution in [0.5, 0.6) is 5.75 Å². The molecule has 0 radical (unpaired) electrons. The number of rotatable bonds is 6. The van der Waals surface area contributed by atoms with Gasteiger partial charge in [-0.1, -0.05) is 30.3 Å². The topological polar surface area (TPSA) is 55.8 Å². The first kappa shape index (κ1) is 18.0. The third-order valence-corrected chi connectivity index (χ3v) is 4.61. The van der Waals surface area contributed by atoms with Crippen LogP contribution in [0.2, 0.25) is 0 Å². The number of anilines is 1. The number of nitrogens with zero attached hydrogens (tertiary/aromatic N) is 1. The summed E-state index contributed by atoms with van der Waals surface area (Å²) in [4.78, 5) is 26.2. The molecule has 0 spiro atoms. The molecular weight excluding hydrogens is 330 g/mol. The fourth-order valence-electron chi connectivity index (χ4n) is 3.27. The van der Waals surface area contributed by atoms with Crippen molar-refractivity contribution in [2.45, 2.75) is 32.2 Å². The van der Waals surface area contributed by atoms with E-state index >= 15 is 0 Å². The molecule has 0 aliphatic carbocycles. The van der Waals surface area contributed by atoms with E-state index in [4.69, 9.17) is 9.47 Å². The maximum atomic E-state index is 12.5. The van der Waals surface area contributed by atoms with Gasteiger partial charge >= 0.3 is 5.97 Å². The molecular formula is C21H23NO4. The monoisotopic (exact) mass is 353 g/mol. The van der Waals surface area contributed by atoms with Crippen LogP contribution in [-0.2, 0) is 27.2 Å². The van der Waals surface area contributed by atoms with E-state index in [-0.39, 0.29) is 30.9 Å². The van der Waals surface area contributed by atoms with E-state index in [1.165, 1.54) is 0 Å². The zero-order valence-corrected chi connectivity index (χ0v) is 15.1. The highest BCUT2D eigenvalue weighted by Crippen LogP contribution is 2.31. The van der Waals surface area contributed by atoms with Crippen molar-refractivity contribution < 1.29 is 19.1 Å². The predicted octanol–water partition coefficient (Wildman–Crippen LogP) is 3.15. The zero-order chi connectivity index (χ0) is 18.5. The summed E-state index contributed by atoms with van der Waals surface area (Å²) in [7, 11) is 1.61. The van der Waals surface area contributed by atoms with E-state index in [0.717, 1.165) is 29.0 Å². The van der Waals surface area contributed by atoms with Crippen LogP contribution in [0.1, 0.15) is 24.5 Å². The fourth-order valence-corrected chi connectivity index (χ4v) is 3.27. The number of hydrogen-bond donors (Lipinski definition) is 0. The average molecular weight is 353 g/mol. The first-order valence-electron chi connectivity index (χ1n) is 8.77. The zero-order valence-electron chi connectivity index (χ0n) is 15.1. The van der Waals surface area contributed by atoms with Crippen LogP contribution in [0.15, 0.2) is 48.5 Å². The van der Waals surface area contributed by atoms with Gasteiger partial charge in [0.25, 0.3) is 5.91 Å². The first-order chi connectivity index (χ1) is 12.6. The third-order valence-electron chi connectivity index (χ3n) is 4.61.